The molecule has 0 radical (unpaired) electrons. The Morgan fingerprint density at radius 2 is 2.16 bits per heavy atom. The van der Waals surface area contributed by atoms with Crippen LogP contribution in [0.5, 0.6) is 5.75 Å². The zero-order valence-corrected chi connectivity index (χ0v) is 9.65. The Morgan fingerprint density at radius 1 is 1.37 bits per heavy atom. The van der Waals surface area contributed by atoms with E-state index in [1.807, 2.05) is 0 Å². The number of aromatic carboxylic acids is 1. The van der Waals surface area contributed by atoms with E-state index < -0.39 is 11.9 Å². The second kappa shape index (κ2) is 5.17. The largest absolute Gasteiger partial charge is 0.506 e. The van der Waals surface area contributed by atoms with Crippen LogP contribution >= 0.6 is 0 Å². The number of hydrogen-bond donors (Lipinski definition) is 3. The number of benzene rings is 1. The van der Waals surface area contributed by atoms with Crippen molar-refractivity contribution < 1.29 is 19.8 Å². The van der Waals surface area contributed by atoms with Crippen molar-refractivity contribution in [2.75, 3.05) is 5.32 Å². The van der Waals surface area contributed by atoms with Crippen LogP contribution in [0, 0.1) is 0 Å². The number of nitrogens with one attached hydrogen (secondary N) is 1. The standard InChI is InChI=1S/C11H10N4O4/c16-9-2-1-7(11(18)19)5-8(9)13-10(17)6-15-4-3-12-14-15/h1-5,16H,6H2,(H,13,17)(H,18,19). The molecule has 0 fully saturated rings. The van der Waals surface area contributed by atoms with Crippen LogP contribution in [0.3, 0.4) is 0 Å². The maximum Gasteiger partial charge on any atom is 0.335 e. The van der Waals surface area contributed by atoms with E-state index in [9.17, 15) is 14.7 Å². The van der Waals surface area contributed by atoms with Crippen molar-refractivity contribution in [3.05, 3.63) is 36.2 Å². The highest BCUT2D eigenvalue weighted by molar-refractivity contribution is 5.95. The van der Waals surface area contributed by atoms with Crippen LogP contribution in [0.4, 0.5) is 5.69 Å². The molecule has 0 unspecified atom stereocenters. The number of aromatic nitrogens is 3. The van der Waals surface area contributed by atoms with Crippen LogP contribution in [0.25, 0.3) is 0 Å². The number of carbonyl (C=O) groups excluding carboxylic acids is 1. The molecule has 19 heavy (non-hydrogen) atoms. The third kappa shape index (κ3) is 3.06. The molecule has 1 amide bonds. The van der Waals surface area contributed by atoms with Crippen molar-refractivity contribution in [2.24, 2.45) is 0 Å². The first kappa shape index (κ1) is 12.6. The van der Waals surface area contributed by atoms with Gasteiger partial charge in [0.1, 0.15) is 12.3 Å². The van der Waals surface area contributed by atoms with Gasteiger partial charge in [-0.05, 0) is 18.2 Å². The lowest BCUT2D eigenvalue weighted by molar-refractivity contribution is -0.116. The number of hydrogen-bond acceptors (Lipinski definition) is 5. The SMILES string of the molecule is O=C(Cn1ccnn1)Nc1cc(C(=O)O)ccc1O. The molecule has 98 valence electrons. The van der Waals surface area contributed by atoms with E-state index in [0.29, 0.717) is 0 Å². The molecule has 0 spiro atoms. The maximum atomic E-state index is 11.7. The summed E-state index contributed by atoms with van der Waals surface area (Å²) < 4.78 is 1.30. The fourth-order valence-electron chi connectivity index (χ4n) is 1.42. The molecular formula is C11H10N4O4. The fourth-order valence-corrected chi connectivity index (χ4v) is 1.42. The van der Waals surface area contributed by atoms with Crippen molar-refractivity contribution in [1.82, 2.24) is 15.0 Å². The van der Waals surface area contributed by atoms with Gasteiger partial charge in [-0.2, -0.15) is 0 Å². The second-order valence-corrected chi connectivity index (χ2v) is 3.69. The molecule has 0 atom stereocenters. The highest BCUT2D eigenvalue weighted by Crippen LogP contribution is 2.24. The van der Waals surface area contributed by atoms with Crippen LogP contribution in [-0.4, -0.2) is 37.1 Å². The molecule has 2 aromatic rings. The average Bonchev–Trinajstić information content (AvgIpc) is 2.84. The number of nitrogens with zero attached hydrogens (tertiary/aromatic N) is 3. The number of rotatable bonds is 4. The Balaban J connectivity index is 2.11. The lowest BCUT2D eigenvalue weighted by Crippen LogP contribution is -2.19. The Hall–Kier alpha value is -2.90. The summed E-state index contributed by atoms with van der Waals surface area (Å²) in [5, 5.41) is 27.9. The van der Waals surface area contributed by atoms with Gasteiger partial charge in [0, 0.05) is 6.20 Å². The second-order valence-electron chi connectivity index (χ2n) is 3.69. The van der Waals surface area contributed by atoms with Gasteiger partial charge in [-0.15, -0.1) is 5.10 Å². The zero-order valence-electron chi connectivity index (χ0n) is 9.65. The van der Waals surface area contributed by atoms with E-state index in [-0.39, 0.29) is 23.5 Å². The Bertz CT molecular complexity index is 609. The summed E-state index contributed by atoms with van der Waals surface area (Å²) in [6, 6.07) is 3.62. The lowest BCUT2D eigenvalue weighted by atomic mass is 10.2. The highest BCUT2D eigenvalue weighted by atomic mass is 16.4. The number of carboxylic acid groups (broad SMARTS) is 1. The van der Waals surface area contributed by atoms with Crippen LogP contribution < -0.4 is 5.32 Å². The molecule has 0 saturated carbocycles. The molecule has 0 bridgehead atoms. The van der Waals surface area contributed by atoms with Crippen molar-refractivity contribution in [1.29, 1.82) is 0 Å². The first-order chi connectivity index (χ1) is 9.06. The molecule has 8 nitrogen and oxygen atoms in total. The minimum Gasteiger partial charge on any atom is -0.506 e. The van der Waals surface area contributed by atoms with E-state index in [0.717, 1.165) is 0 Å². The minimum absolute atomic E-state index is 0.0324. The number of amides is 1. The van der Waals surface area contributed by atoms with Gasteiger partial charge in [-0.1, -0.05) is 5.21 Å². The number of aromatic hydroxyl groups is 1. The molecule has 0 aliphatic carbocycles. The quantitative estimate of drug-likeness (QED) is 0.683. The molecule has 1 heterocycles. The van der Waals surface area contributed by atoms with Gasteiger partial charge in [0.15, 0.2) is 0 Å². The number of anilines is 1. The van der Waals surface area contributed by atoms with E-state index in [1.165, 1.54) is 35.3 Å². The molecule has 1 aromatic carbocycles. The minimum atomic E-state index is -1.15. The molecular weight excluding hydrogens is 252 g/mol. The predicted molar refractivity (Wildman–Crippen MR) is 63.7 cm³/mol. The van der Waals surface area contributed by atoms with Crippen molar-refractivity contribution in [3.8, 4) is 5.75 Å². The molecule has 8 heteroatoms. The van der Waals surface area contributed by atoms with Crippen molar-refractivity contribution in [3.63, 3.8) is 0 Å². The van der Waals surface area contributed by atoms with Gasteiger partial charge >= 0.3 is 5.97 Å². The predicted octanol–water partition coefficient (Wildman–Crippen LogP) is 0.321. The molecule has 2 rings (SSSR count). The van der Waals surface area contributed by atoms with Crippen LogP contribution in [0.1, 0.15) is 10.4 Å². The van der Waals surface area contributed by atoms with Crippen LogP contribution in [-0.2, 0) is 11.3 Å². The summed E-state index contributed by atoms with van der Waals surface area (Å²) in [5.74, 6) is -1.81. The summed E-state index contributed by atoms with van der Waals surface area (Å²) in [6.45, 7) is -0.0866. The fraction of sp³-hybridized carbons (Fsp3) is 0.0909. The van der Waals surface area contributed by atoms with Gasteiger partial charge in [-0.25, -0.2) is 9.48 Å². The van der Waals surface area contributed by atoms with Gasteiger partial charge < -0.3 is 15.5 Å². The number of carboxylic acids is 1. The average molecular weight is 262 g/mol. The van der Waals surface area contributed by atoms with Gasteiger partial charge in [0.05, 0.1) is 17.4 Å². The Labute approximate surface area is 107 Å². The number of phenols is 1. The van der Waals surface area contributed by atoms with Gasteiger partial charge in [0.25, 0.3) is 0 Å². The first-order valence-electron chi connectivity index (χ1n) is 5.26. The van der Waals surface area contributed by atoms with E-state index in [2.05, 4.69) is 15.6 Å². The van der Waals surface area contributed by atoms with Gasteiger partial charge in [0.2, 0.25) is 5.91 Å². The van der Waals surface area contributed by atoms with Crippen molar-refractivity contribution in [2.45, 2.75) is 6.54 Å². The maximum absolute atomic E-state index is 11.7. The number of phenolic OH excluding ortho intramolecular Hbond substituents is 1. The summed E-state index contributed by atoms with van der Waals surface area (Å²) in [4.78, 5) is 22.4. The third-order valence-electron chi connectivity index (χ3n) is 2.30. The topological polar surface area (TPSA) is 117 Å². The van der Waals surface area contributed by atoms with E-state index in [4.69, 9.17) is 5.11 Å². The Kier molecular flexibility index (Phi) is 3.42. The first-order valence-corrected chi connectivity index (χ1v) is 5.26. The monoisotopic (exact) mass is 262 g/mol. The molecule has 0 aliphatic heterocycles. The molecule has 3 N–H and O–H groups in total. The normalized spacial score (nSPS) is 10.1. The molecule has 0 aliphatic rings. The molecule has 0 saturated heterocycles. The zero-order chi connectivity index (χ0) is 13.8. The summed E-state index contributed by atoms with van der Waals surface area (Å²) in [6.07, 6.45) is 2.93. The molecule has 1 aromatic heterocycles. The summed E-state index contributed by atoms with van der Waals surface area (Å²) in [7, 11) is 0. The Morgan fingerprint density at radius 3 is 2.79 bits per heavy atom. The summed E-state index contributed by atoms with van der Waals surface area (Å²) >= 11 is 0. The van der Waals surface area contributed by atoms with Crippen molar-refractivity contribution >= 4 is 17.6 Å². The highest BCUT2D eigenvalue weighted by Gasteiger charge is 2.11. The van der Waals surface area contributed by atoms with Crippen LogP contribution in [0.15, 0.2) is 30.6 Å². The number of carbonyl (C=O) groups is 2. The lowest BCUT2D eigenvalue weighted by Gasteiger charge is -2.08. The van der Waals surface area contributed by atoms with E-state index in [1.54, 1.807) is 0 Å². The van der Waals surface area contributed by atoms with Gasteiger partial charge in [-0.3, -0.25) is 4.79 Å². The van der Waals surface area contributed by atoms with Crippen LogP contribution in [0.2, 0.25) is 0 Å². The third-order valence-corrected chi connectivity index (χ3v) is 2.30. The smallest absolute Gasteiger partial charge is 0.335 e. The van der Waals surface area contributed by atoms with E-state index >= 15 is 0 Å². The summed E-state index contributed by atoms with van der Waals surface area (Å²) in [5.41, 5.74) is -0.00105.